The van der Waals surface area contributed by atoms with Crippen LogP contribution in [0.15, 0.2) is 0 Å². The van der Waals surface area contributed by atoms with Crippen LogP contribution < -0.4 is 0 Å². The van der Waals surface area contributed by atoms with Gasteiger partial charge >= 0.3 is 0 Å². The summed E-state index contributed by atoms with van der Waals surface area (Å²) in [6.07, 6.45) is 32.7. The molecule has 188 valence electrons. The maximum atomic E-state index is 8.25. The lowest BCUT2D eigenvalue weighted by molar-refractivity contribution is -0.402. The van der Waals surface area contributed by atoms with Gasteiger partial charge in [0.15, 0.2) is 0 Å². The number of hydrogen-bond donors (Lipinski definition) is 0. The normalized spacial score (nSPS) is 12.8. The van der Waals surface area contributed by atoms with Gasteiger partial charge in [0.1, 0.15) is 0 Å². The van der Waals surface area contributed by atoms with Gasteiger partial charge in [-0.25, -0.2) is 0 Å². The van der Waals surface area contributed by atoms with Crippen LogP contribution in [0.5, 0.6) is 0 Å². The van der Waals surface area contributed by atoms with E-state index in [9.17, 15) is 0 Å². The summed E-state index contributed by atoms with van der Waals surface area (Å²) in [6, 6.07) is 0. The summed E-state index contributed by atoms with van der Waals surface area (Å²) in [5.74, 6) is 0. The molecule has 31 heavy (non-hydrogen) atoms. The molecule has 0 heterocycles. The molecule has 1 atom stereocenters. The quantitative estimate of drug-likeness (QED) is 0.0697. The Morgan fingerprint density at radius 1 is 0.484 bits per heavy atom. The monoisotopic (exact) mass is 461 g/mol. The van der Waals surface area contributed by atoms with E-state index in [0.29, 0.717) is 0 Å². The largest absolute Gasteiger partial charge is 0.356 e. The van der Waals surface area contributed by atoms with Crippen molar-refractivity contribution < 1.29 is 5.09 Å². The molecule has 0 bridgehead atoms. The summed E-state index contributed by atoms with van der Waals surface area (Å²) in [7, 11) is -0.574. The molecule has 0 rings (SSSR count). The maximum absolute atomic E-state index is 8.25. The van der Waals surface area contributed by atoms with E-state index in [4.69, 9.17) is 15.3 Å². The van der Waals surface area contributed by atoms with E-state index in [1.165, 1.54) is 122 Å². The molecule has 0 aromatic heterocycles. The fraction of sp³-hybridized carbons (Fsp3) is 1.00. The third kappa shape index (κ3) is 29.6. The van der Waals surface area contributed by atoms with Gasteiger partial charge in [-0.1, -0.05) is 117 Å². The molecule has 0 N–H and O–H groups in total. The first-order chi connectivity index (χ1) is 14.9. The Labute approximate surface area is 195 Å². The van der Waals surface area contributed by atoms with Crippen molar-refractivity contribution in [1.29, 1.82) is 0 Å². The van der Waals surface area contributed by atoms with Crippen molar-refractivity contribution in [2.24, 2.45) is 0 Å². The molecular weight excluding hydrogens is 405 g/mol. The van der Waals surface area contributed by atoms with E-state index in [0.717, 1.165) is 0 Å². The van der Waals surface area contributed by atoms with Gasteiger partial charge in [0.25, 0.3) is 0 Å². The Hall–Kier alpha value is -0.370. The summed E-state index contributed by atoms with van der Waals surface area (Å²) < 4.78 is 0. The molecule has 0 amide bonds. The van der Waals surface area contributed by atoms with Gasteiger partial charge in [-0.15, -0.1) is 0 Å². The Bertz CT molecular complexity index is 365. The molecule has 0 radical (unpaired) electrons. The fourth-order valence-electron chi connectivity index (χ4n) is 4.46. The molecule has 0 aromatic carbocycles. The first kappa shape index (κ1) is 32.8. The smallest absolute Gasteiger partial charge is 0.0689 e. The average molecular weight is 462 g/mol. The lowest BCUT2D eigenvalue weighted by Gasteiger charge is -2.22. The highest BCUT2D eigenvalue weighted by Crippen LogP contribution is 2.56. The summed E-state index contributed by atoms with van der Waals surface area (Å²) in [5, 5.41) is 14.8. The van der Waals surface area contributed by atoms with Gasteiger partial charge in [-0.3, -0.25) is 0 Å². The molecule has 0 aliphatic carbocycles. The van der Waals surface area contributed by atoms with Crippen LogP contribution in [-0.2, 0) is 0 Å². The molecule has 0 aromatic rings. The molecule has 0 saturated carbocycles. The molecule has 1 unspecified atom stereocenters. The maximum Gasteiger partial charge on any atom is 0.0689 e. The Kier molecular flexibility index (Phi) is 27.4. The van der Waals surface area contributed by atoms with Crippen molar-refractivity contribution in [2.45, 2.75) is 143 Å². The second-order valence-corrected chi connectivity index (χ2v) is 14.3. The van der Waals surface area contributed by atoms with E-state index >= 15 is 0 Å². The van der Waals surface area contributed by atoms with E-state index in [2.05, 4.69) is 27.4 Å². The predicted octanol–water partition coefficient (Wildman–Crippen LogP) is 9.87. The molecule has 5 heteroatoms. The van der Waals surface area contributed by atoms with Crippen molar-refractivity contribution in [3.8, 4) is 0 Å². The topological polar surface area (TPSA) is 66.2 Å². The van der Waals surface area contributed by atoms with Crippen LogP contribution in [0.25, 0.3) is 0 Å². The zero-order valence-electron chi connectivity index (χ0n) is 21.7. The van der Waals surface area contributed by atoms with E-state index in [-0.39, 0.29) is 0 Å². The highest BCUT2D eigenvalue weighted by molar-refractivity contribution is 7.75. The number of hydrogen-bond acceptors (Lipinski definition) is 3. The van der Waals surface area contributed by atoms with E-state index in [1.807, 2.05) is 0 Å². The van der Waals surface area contributed by atoms with Gasteiger partial charge in [0.05, 0.1) is 23.6 Å². The van der Waals surface area contributed by atoms with Gasteiger partial charge in [0.2, 0.25) is 0 Å². The Morgan fingerprint density at radius 3 is 1.10 bits per heavy atom. The van der Waals surface area contributed by atoms with Crippen LogP contribution in [0.4, 0.5) is 0 Å². The number of rotatable bonds is 22. The van der Waals surface area contributed by atoms with Crippen LogP contribution in [0.3, 0.4) is 0 Å². The Balaban J connectivity index is 0. The lowest BCUT2D eigenvalue weighted by atomic mass is 10.0. The van der Waals surface area contributed by atoms with Crippen LogP contribution in [0.1, 0.15) is 143 Å². The molecule has 0 saturated heterocycles. The molecule has 0 fully saturated rings. The van der Waals surface area contributed by atoms with E-state index < -0.39 is 12.3 Å². The van der Waals surface area contributed by atoms with Gasteiger partial charge < -0.3 is 15.3 Å². The van der Waals surface area contributed by atoms with Crippen molar-refractivity contribution in [1.82, 2.24) is 0 Å². The van der Waals surface area contributed by atoms with Crippen molar-refractivity contribution in [3.63, 3.8) is 0 Å². The molecule has 0 aliphatic rings. The molecule has 0 aliphatic heterocycles. The lowest BCUT2D eigenvalue weighted by Crippen LogP contribution is -2.06. The summed E-state index contributed by atoms with van der Waals surface area (Å²) >= 11 is 0. The first-order valence-electron chi connectivity index (χ1n) is 13.6. The van der Waals surface area contributed by atoms with Crippen molar-refractivity contribution in [2.75, 3.05) is 25.2 Å². The molecular formula is C26H56NO3P. The van der Waals surface area contributed by atoms with Crippen LogP contribution in [-0.4, -0.2) is 30.2 Å². The Morgan fingerprint density at radius 2 is 0.774 bits per heavy atom. The van der Waals surface area contributed by atoms with Gasteiger partial charge in [-0.2, -0.15) is 0 Å². The minimum Gasteiger partial charge on any atom is -0.356 e. The molecule has 4 nitrogen and oxygen atoms in total. The predicted molar refractivity (Wildman–Crippen MR) is 143 cm³/mol. The first-order valence-corrected chi connectivity index (χ1v) is 16.4. The minimum atomic E-state index is -1.75. The second-order valence-electron chi connectivity index (χ2n) is 9.67. The summed E-state index contributed by atoms with van der Waals surface area (Å²) in [5.41, 5.74) is 0. The molecule has 0 spiro atoms. The summed E-state index contributed by atoms with van der Waals surface area (Å²) in [6.45, 7) is 9.71. The number of nitrogens with zero attached hydrogens (tertiary/aromatic N) is 1. The third-order valence-corrected chi connectivity index (χ3v) is 10.7. The fourth-order valence-corrected chi connectivity index (χ4v) is 8.27. The van der Waals surface area contributed by atoms with Gasteiger partial charge in [0, 0.05) is 13.9 Å². The van der Waals surface area contributed by atoms with E-state index in [1.54, 1.807) is 18.5 Å². The SMILES string of the molecule is CCCCCCCCCCCCCCCCCC[P+](C)(CCC)CCCC.O=[N+]([O-])[O-]. The standard InChI is InChI=1S/C26H56P.NO3/c1-5-8-10-11-12-13-14-15-16-17-18-19-20-21-22-23-26-27(4,24-7-3)25-9-6-2;2-1(3)4/h5-26H2,1-4H3;/q+1;-1. The highest BCUT2D eigenvalue weighted by atomic mass is 31.2. The number of unbranched alkanes of at least 4 members (excludes halogenated alkanes) is 16. The van der Waals surface area contributed by atoms with Gasteiger partial charge in [-0.05, 0) is 25.7 Å². The van der Waals surface area contributed by atoms with Crippen molar-refractivity contribution in [3.05, 3.63) is 15.3 Å². The second kappa shape index (κ2) is 25.9. The van der Waals surface area contributed by atoms with Crippen LogP contribution >= 0.6 is 7.26 Å². The minimum absolute atomic E-state index is 0.574. The van der Waals surface area contributed by atoms with Crippen LogP contribution in [0, 0.1) is 15.3 Å². The third-order valence-electron chi connectivity index (χ3n) is 6.37. The zero-order valence-corrected chi connectivity index (χ0v) is 22.6. The van der Waals surface area contributed by atoms with Crippen LogP contribution in [0.2, 0.25) is 0 Å². The van der Waals surface area contributed by atoms with Crippen molar-refractivity contribution >= 4 is 7.26 Å². The average Bonchev–Trinajstić information content (AvgIpc) is 2.72. The zero-order chi connectivity index (χ0) is 23.6. The highest BCUT2D eigenvalue weighted by Gasteiger charge is 2.28. The summed E-state index contributed by atoms with van der Waals surface area (Å²) in [4.78, 5) is 8.25.